The van der Waals surface area contributed by atoms with E-state index in [-0.39, 0.29) is 0 Å². The van der Waals surface area contributed by atoms with Crippen LogP contribution in [0.3, 0.4) is 0 Å². The van der Waals surface area contributed by atoms with Gasteiger partial charge >= 0.3 is 0 Å². The Kier molecular flexibility index (Phi) is 4.12. The van der Waals surface area contributed by atoms with Gasteiger partial charge in [0.2, 0.25) is 0 Å². The normalized spacial score (nSPS) is 19.7. The van der Waals surface area contributed by atoms with E-state index in [0.29, 0.717) is 6.04 Å². The lowest BCUT2D eigenvalue weighted by atomic mass is 9.91. The molecule has 0 aliphatic carbocycles. The highest BCUT2D eigenvalue weighted by Crippen LogP contribution is 2.38. The van der Waals surface area contributed by atoms with Crippen LogP contribution < -0.4 is 14.8 Å². The first-order valence-electron chi connectivity index (χ1n) is 6.64. The van der Waals surface area contributed by atoms with Crippen molar-refractivity contribution in [3.8, 4) is 11.5 Å². The quantitative estimate of drug-likeness (QED) is 0.892. The topological polar surface area (TPSA) is 30.5 Å². The van der Waals surface area contributed by atoms with Crippen LogP contribution in [0.2, 0.25) is 0 Å². The number of piperidine rings is 1. The summed E-state index contributed by atoms with van der Waals surface area (Å²) in [7, 11) is 3.40. The predicted octanol–water partition coefficient (Wildman–Crippen LogP) is 3.14. The molecule has 0 saturated carbocycles. The second-order valence-electron chi connectivity index (χ2n) is 4.95. The highest BCUT2D eigenvalue weighted by Gasteiger charge is 2.21. The van der Waals surface area contributed by atoms with Crippen molar-refractivity contribution in [2.45, 2.75) is 39.2 Å². The van der Waals surface area contributed by atoms with Crippen molar-refractivity contribution in [3.05, 3.63) is 22.8 Å². The second kappa shape index (κ2) is 5.61. The summed E-state index contributed by atoms with van der Waals surface area (Å²) in [6.07, 6.45) is 3.78. The molecule has 1 aliphatic rings. The molecule has 1 fully saturated rings. The van der Waals surface area contributed by atoms with Crippen molar-refractivity contribution in [2.75, 3.05) is 20.8 Å². The SMILES string of the molecule is COc1cc(C2CCCCN2)c(C)c(C)c1OC. The minimum absolute atomic E-state index is 0.456. The van der Waals surface area contributed by atoms with Gasteiger partial charge in [0.15, 0.2) is 11.5 Å². The maximum atomic E-state index is 5.45. The van der Waals surface area contributed by atoms with Gasteiger partial charge in [0.25, 0.3) is 0 Å². The third-order valence-electron chi connectivity index (χ3n) is 3.96. The van der Waals surface area contributed by atoms with Gasteiger partial charge < -0.3 is 14.8 Å². The summed E-state index contributed by atoms with van der Waals surface area (Å²) >= 11 is 0. The zero-order chi connectivity index (χ0) is 13.1. The van der Waals surface area contributed by atoms with Crippen molar-refractivity contribution < 1.29 is 9.47 Å². The maximum absolute atomic E-state index is 5.45. The van der Waals surface area contributed by atoms with Crippen LogP contribution in [0, 0.1) is 13.8 Å². The Morgan fingerprint density at radius 1 is 1.11 bits per heavy atom. The van der Waals surface area contributed by atoms with Crippen molar-refractivity contribution in [1.29, 1.82) is 0 Å². The van der Waals surface area contributed by atoms with E-state index < -0.39 is 0 Å². The number of ether oxygens (including phenoxy) is 2. The van der Waals surface area contributed by atoms with Gasteiger partial charge in [0, 0.05) is 6.04 Å². The molecule has 0 bridgehead atoms. The van der Waals surface area contributed by atoms with E-state index in [4.69, 9.17) is 9.47 Å². The highest BCUT2D eigenvalue weighted by atomic mass is 16.5. The standard InChI is InChI=1S/C15H23NO2/c1-10-11(2)15(18-4)14(17-3)9-12(10)13-7-5-6-8-16-13/h9,13,16H,5-8H2,1-4H3. The Bertz CT molecular complexity index is 423. The summed E-state index contributed by atoms with van der Waals surface area (Å²) in [5.74, 6) is 1.69. The molecule has 1 atom stereocenters. The fourth-order valence-electron chi connectivity index (χ4n) is 2.77. The summed E-state index contributed by atoms with van der Waals surface area (Å²) in [4.78, 5) is 0. The Balaban J connectivity index is 2.44. The van der Waals surface area contributed by atoms with Gasteiger partial charge in [-0.1, -0.05) is 6.42 Å². The molecule has 3 heteroatoms. The van der Waals surface area contributed by atoms with E-state index >= 15 is 0 Å². The predicted molar refractivity (Wildman–Crippen MR) is 73.6 cm³/mol. The third-order valence-corrected chi connectivity index (χ3v) is 3.96. The zero-order valence-electron chi connectivity index (χ0n) is 11.8. The van der Waals surface area contributed by atoms with Crippen LogP contribution in [-0.4, -0.2) is 20.8 Å². The van der Waals surface area contributed by atoms with Crippen LogP contribution in [0.15, 0.2) is 6.07 Å². The maximum Gasteiger partial charge on any atom is 0.163 e. The molecule has 1 aromatic carbocycles. The summed E-state index contributed by atoms with van der Waals surface area (Å²) in [5.41, 5.74) is 3.84. The first-order valence-corrected chi connectivity index (χ1v) is 6.64. The number of hydrogen-bond acceptors (Lipinski definition) is 3. The number of methoxy groups -OCH3 is 2. The Labute approximate surface area is 109 Å². The lowest BCUT2D eigenvalue weighted by Crippen LogP contribution is -2.27. The molecule has 0 amide bonds. The molecular weight excluding hydrogens is 226 g/mol. The fraction of sp³-hybridized carbons (Fsp3) is 0.600. The molecule has 1 aliphatic heterocycles. The molecule has 3 nitrogen and oxygen atoms in total. The summed E-state index contributed by atoms with van der Waals surface area (Å²) < 4.78 is 10.9. The van der Waals surface area contributed by atoms with Crippen molar-refractivity contribution in [3.63, 3.8) is 0 Å². The summed E-state index contributed by atoms with van der Waals surface area (Å²) in [5, 5.41) is 3.60. The molecule has 2 rings (SSSR count). The molecule has 0 aromatic heterocycles. The minimum Gasteiger partial charge on any atom is -0.493 e. The molecule has 0 spiro atoms. The van der Waals surface area contributed by atoms with Crippen molar-refractivity contribution >= 4 is 0 Å². The van der Waals surface area contributed by atoms with E-state index in [9.17, 15) is 0 Å². The van der Waals surface area contributed by atoms with E-state index in [1.807, 2.05) is 0 Å². The highest BCUT2D eigenvalue weighted by molar-refractivity contribution is 5.54. The van der Waals surface area contributed by atoms with Crippen molar-refractivity contribution in [2.24, 2.45) is 0 Å². The fourth-order valence-corrected chi connectivity index (χ4v) is 2.77. The van der Waals surface area contributed by atoms with E-state index in [1.165, 1.54) is 36.0 Å². The summed E-state index contributed by atoms with van der Waals surface area (Å²) in [6, 6.07) is 2.58. The van der Waals surface area contributed by atoms with Gasteiger partial charge in [-0.05, 0) is 56.0 Å². The van der Waals surface area contributed by atoms with Crippen LogP contribution >= 0.6 is 0 Å². The average molecular weight is 249 g/mol. The molecule has 1 unspecified atom stereocenters. The number of rotatable bonds is 3. The number of hydrogen-bond donors (Lipinski definition) is 1. The van der Waals surface area contributed by atoms with Crippen LogP contribution in [0.5, 0.6) is 11.5 Å². The van der Waals surface area contributed by atoms with Gasteiger partial charge in [-0.25, -0.2) is 0 Å². The largest absolute Gasteiger partial charge is 0.493 e. The van der Waals surface area contributed by atoms with Gasteiger partial charge in [0.05, 0.1) is 14.2 Å². The molecule has 100 valence electrons. The second-order valence-corrected chi connectivity index (χ2v) is 4.95. The first-order chi connectivity index (χ1) is 8.69. The smallest absolute Gasteiger partial charge is 0.163 e. The lowest BCUT2D eigenvalue weighted by molar-refractivity contribution is 0.349. The molecule has 1 saturated heterocycles. The number of nitrogens with one attached hydrogen (secondary N) is 1. The van der Waals surface area contributed by atoms with Crippen LogP contribution in [0.25, 0.3) is 0 Å². The minimum atomic E-state index is 0.456. The van der Waals surface area contributed by atoms with Crippen molar-refractivity contribution in [1.82, 2.24) is 5.32 Å². The Morgan fingerprint density at radius 2 is 1.89 bits per heavy atom. The van der Waals surface area contributed by atoms with E-state index in [1.54, 1.807) is 14.2 Å². The summed E-state index contributed by atoms with van der Waals surface area (Å²) in [6.45, 7) is 5.38. The Hall–Kier alpha value is -1.22. The zero-order valence-corrected chi connectivity index (χ0v) is 11.8. The third kappa shape index (κ3) is 2.32. The van der Waals surface area contributed by atoms with Crippen LogP contribution in [0.1, 0.15) is 42.0 Å². The molecule has 1 N–H and O–H groups in total. The Morgan fingerprint density at radius 3 is 2.44 bits per heavy atom. The van der Waals surface area contributed by atoms with E-state index in [2.05, 4.69) is 25.2 Å². The van der Waals surface area contributed by atoms with Gasteiger partial charge in [-0.2, -0.15) is 0 Å². The molecule has 1 heterocycles. The monoisotopic (exact) mass is 249 g/mol. The first kappa shape index (κ1) is 13.2. The van der Waals surface area contributed by atoms with Crippen LogP contribution in [0.4, 0.5) is 0 Å². The number of benzene rings is 1. The molecular formula is C15H23NO2. The lowest BCUT2D eigenvalue weighted by Gasteiger charge is -2.27. The average Bonchev–Trinajstić information content (AvgIpc) is 2.42. The van der Waals surface area contributed by atoms with Gasteiger partial charge in [0.1, 0.15) is 0 Å². The molecule has 0 radical (unpaired) electrons. The molecule has 1 aromatic rings. The van der Waals surface area contributed by atoms with Gasteiger partial charge in [-0.15, -0.1) is 0 Å². The molecule has 18 heavy (non-hydrogen) atoms. The van der Waals surface area contributed by atoms with Gasteiger partial charge in [-0.3, -0.25) is 0 Å². The van der Waals surface area contributed by atoms with E-state index in [0.717, 1.165) is 18.0 Å². The van der Waals surface area contributed by atoms with Crippen LogP contribution in [-0.2, 0) is 0 Å².